The summed E-state index contributed by atoms with van der Waals surface area (Å²) in [6.45, 7) is 4.33. The number of para-hydroxylation sites is 1. The average Bonchev–Trinajstić information content (AvgIpc) is 3.35. The SMILES string of the molecule is CC1(C)CC(=O)C2=C(C1)c1c(ccc3ccccc13)N[C@@H]2c1ccc(SCC(=O)Nc2ccccc2)o1. The molecule has 1 aromatic heterocycles. The number of allylic oxidation sites excluding steroid dienone is 1. The quantitative estimate of drug-likeness (QED) is 0.274. The minimum absolute atomic E-state index is 0.0968. The van der Waals surface area contributed by atoms with E-state index in [9.17, 15) is 9.59 Å². The van der Waals surface area contributed by atoms with E-state index in [1.54, 1.807) is 0 Å². The molecule has 1 atom stereocenters. The van der Waals surface area contributed by atoms with Gasteiger partial charge in [-0.3, -0.25) is 9.59 Å². The maximum absolute atomic E-state index is 13.6. The molecule has 0 radical (unpaired) electrons. The van der Waals surface area contributed by atoms with Gasteiger partial charge >= 0.3 is 0 Å². The summed E-state index contributed by atoms with van der Waals surface area (Å²) >= 11 is 1.34. The minimum atomic E-state index is -0.361. The zero-order valence-electron chi connectivity index (χ0n) is 20.8. The van der Waals surface area contributed by atoms with E-state index in [0.717, 1.165) is 45.3 Å². The lowest BCUT2D eigenvalue weighted by atomic mass is 9.68. The summed E-state index contributed by atoms with van der Waals surface area (Å²) in [5, 5.41) is 9.47. The van der Waals surface area contributed by atoms with Gasteiger partial charge in [-0.2, -0.15) is 0 Å². The fraction of sp³-hybridized carbons (Fsp3) is 0.226. The largest absolute Gasteiger partial charge is 0.452 e. The molecule has 6 heteroatoms. The first kappa shape index (κ1) is 23.6. The van der Waals surface area contributed by atoms with Crippen LogP contribution in [0.25, 0.3) is 16.3 Å². The van der Waals surface area contributed by atoms with Gasteiger partial charge in [-0.1, -0.05) is 74.1 Å². The Bertz CT molecular complexity index is 1550. The molecule has 3 aromatic carbocycles. The number of carbonyl (C=O) groups is 2. The topological polar surface area (TPSA) is 71.3 Å². The van der Waals surface area contributed by atoms with Crippen LogP contribution in [0.15, 0.2) is 93.9 Å². The van der Waals surface area contributed by atoms with Crippen molar-refractivity contribution in [1.82, 2.24) is 0 Å². The van der Waals surface area contributed by atoms with Crippen molar-refractivity contribution in [2.24, 2.45) is 5.41 Å². The van der Waals surface area contributed by atoms with Gasteiger partial charge in [0.25, 0.3) is 0 Å². The number of anilines is 2. The predicted octanol–water partition coefficient (Wildman–Crippen LogP) is 7.47. The number of nitrogens with one attached hydrogen (secondary N) is 2. The van der Waals surface area contributed by atoms with Gasteiger partial charge in [0.15, 0.2) is 10.9 Å². The summed E-state index contributed by atoms with van der Waals surface area (Å²) in [4.78, 5) is 26.0. The number of amides is 1. The highest BCUT2D eigenvalue weighted by Crippen LogP contribution is 2.52. The summed E-state index contributed by atoms with van der Waals surface area (Å²) in [5.74, 6) is 0.983. The second kappa shape index (κ2) is 9.27. The molecule has 2 heterocycles. The molecule has 4 aromatic rings. The van der Waals surface area contributed by atoms with E-state index in [1.807, 2.05) is 48.5 Å². The zero-order chi connectivity index (χ0) is 25.6. The molecule has 1 amide bonds. The number of hydrogen-bond donors (Lipinski definition) is 2. The maximum atomic E-state index is 13.6. The van der Waals surface area contributed by atoms with Crippen LogP contribution in [-0.4, -0.2) is 17.4 Å². The molecule has 1 aliphatic carbocycles. The van der Waals surface area contributed by atoms with Gasteiger partial charge < -0.3 is 15.1 Å². The van der Waals surface area contributed by atoms with E-state index in [0.29, 0.717) is 17.3 Å². The van der Waals surface area contributed by atoms with E-state index in [-0.39, 0.29) is 28.9 Å². The molecule has 0 bridgehead atoms. The number of rotatable bonds is 5. The molecule has 37 heavy (non-hydrogen) atoms. The van der Waals surface area contributed by atoms with Crippen LogP contribution in [0, 0.1) is 5.41 Å². The summed E-state index contributed by atoms with van der Waals surface area (Å²) in [6, 6.07) is 25.4. The summed E-state index contributed by atoms with van der Waals surface area (Å²) in [7, 11) is 0. The number of ketones is 1. The van der Waals surface area contributed by atoms with Crippen LogP contribution in [0.1, 0.15) is 44.1 Å². The highest BCUT2D eigenvalue weighted by molar-refractivity contribution is 7.99. The number of hydrogen-bond acceptors (Lipinski definition) is 5. The van der Waals surface area contributed by atoms with Gasteiger partial charge in [-0.15, -0.1) is 0 Å². The molecular weight excluding hydrogens is 480 g/mol. The molecule has 5 nitrogen and oxygen atoms in total. The number of fused-ring (bicyclic) bond motifs is 4. The van der Waals surface area contributed by atoms with Gasteiger partial charge in [-0.05, 0) is 58.5 Å². The smallest absolute Gasteiger partial charge is 0.234 e. The Morgan fingerprint density at radius 3 is 2.62 bits per heavy atom. The Kier molecular flexibility index (Phi) is 5.92. The molecule has 0 saturated carbocycles. The van der Waals surface area contributed by atoms with Gasteiger partial charge in [0, 0.05) is 28.9 Å². The Morgan fingerprint density at radius 1 is 1.00 bits per heavy atom. The summed E-state index contributed by atoms with van der Waals surface area (Å²) < 4.78 is 6.21. The number of benzene rings is 3. The van der Waals surface area contributed by atoms with Crippen LogP contribution < -0.4 is 10.6 Å². The number of carbonyl (C=O) groups excluding carboxylic acids is 2. The van der Waals surface area contributed by atoms with E-state index in [4.69, 9.17) is 4.42 Å². The van der Waals surface area contributed by atoms with Crippen LogP contribution in [-0.2, 0) is 9.59 Å². The fourth-order valence-corrected chi connectivity index (χ4v) is 6.14. The van der Waals surface area contributed by atoms with Gasteiger partial charge in [0.05, 0.1) is 5.75 Å². The Morgan fingerprint density at radius 2 is 1.78 bits per heavy atom. The Hall–Kier alpha value is -3.77. The average molecular weight is 509 g/mol. The molecule has 1 aliphatic heterocycles. The minimum Gasteiger partial charge on any atom is -0.452 e. The monoisotopic (exact) mass is 508 g/mol. The summed E-state index contributed by atoms with van der Waals surface area (Å²) in [5.41, 5.74) is 4.72. The first-order chi connectivity index (χ1) is 17.9. The lowest BCUT2D eigenvalue weighted by Crippen LogP contribution is -2.33. The number of furan rings is 1. The standard InChI is InChI=1S/C31H28N2O3S/c1-31(2)16-22-28-21-11-7-6-8-19(21)12-13-23(28)33-30(29(22)24(34)17-31)25-14-15-27(36-25)37-18-26(35)32-20-9-4-3-5-10-20/h3-15,30,33H,16-18H2,1-2H3,(H,32,35)/t30-/m1/s1. The predicted molar refractivity (Wildman–Crippen MR) is 150 cm³/mol. The molecule has 186 valence electrons. The summed E-state index contributed by atoms with van der Waals surface area (Å²) in [6.07, 6.45) is 1.33. The van der Waals surface area contributed by atoms with Crippen LogP contribution in [0.3, 0.4) is 0 Å². The Labute approximate surface area is 220 Å². The lowest BCUT2D eigenvalue weighted by molar-refractivity contribution is -0.118. The number of Topliss-reactive ketones (excluding diaryl/α,β-unsaturated/α-hetero) is 1. The van der Waals surface area contributed by atoms with Crippen molar-refractivity contribution >= 4 is 51.2 Å². The second-order valence-corrected chi connectivity index (χ2v) is 11.5. The Balaban J connectivity index is 1.31. The van der Waals surface area contributed by atoms with Crippen LogP contribution in [0.5, 0.6) is 0 Å². The van der Waals surface area contributed by atoms with Crippen LogP contribution in [0.4, 0.5) is 11.4 Å². The molecule has 2 N–H and O–H groups in total. The maximum Gasteiger partial charge on any atom is 0.234 e. The molecule has 0 unspecified atom stereocenters. The second-order valence-electron chi connectivity index (χ2n) is 10.5. The van der Waals surface area contributed by atoms with Crippen molar-refractivity contribution in [3.05, 3.63) is 95.8 Å². The van der Waals surface area contributed by atoms with Crippen molar-refractivity contribution < 1.29 is 14.0 Å². The van der Waals surface area contributed by atoms with E-state index in [1.165, 1.54) is 11.8 Å². The first-order valence-electron chi connectivity index (χ1n) is 12.5. The third-order valence-corrected chi connectivity index (χ3v) is 7.94. The molecule has 0 spiro atoms. The van der Waals surface area contributed by atoms with Crippen molar-refractivity contribution in [3.63, 3.8) is 0 Å². The zero-order valence-corrected chi connectivity index (χ0v) is 21.7. The van der Waals surface area contributed by atoms with Gasteiger partial charge in [0.1, 0.15) is 11.8 Å². The highest BCUT2D eigenvalue weighted by atomic mass is 32.2. The molecule has 0 saturated heterocycles. The van der Waals surface area contributed by atoms with Crippen LogP contribution >= 0.6 is 11.8 Å². The van der Waals surface area contributed by atoms with E-state index < -0.39 is 0 Å². The van der Waals surface area contributed by atoms with Crippen LogP contribution in [0.2, 0.25) is 0 Å². The normalized spacial score (nSPS) is 18.2. The van der Waals surface area contributed by atoms with Crippen molar-refractivity contribution in [2.45, 2.75) is 37.8 Å². The van der Waals surface area contributed by atoms with Gasteiger partial charge in [-0.25, -0.2) is 0 Å². The highest BCUT2D eigenvalue weighted by Gasteiger charge is 2.41. The van der Waals surface area contributed by atoms with Crippen molar-refractivity contribution in [1.29, 1.82) is 0 Å². The van der Waals surface area contributed by atoms with Crippen molar-refractivity contribution in [3.8, 4) is 0 Å². The number of thioether (sulfide) groups is 1. The van der Waals surface area contributed by atoms with E-state index >= 15 is 0 Å². The van der Waals surface area contributed by atoms with Gasteiger partial charge in [0.2, 0.25) is 5.91 Å². The lowest BCUT2D eigenvalue weighted by Gasteiger charge is -2.39. The molecule has 6 rings (SSSR count). The molecule has 0 fully saturated rings. The van der Waals surface area contributed by atoms with Crippen molar-refractivity contribution in [2.75, 3.05) is 16.4 Å². The third kappa shape index (κ3) is 4.58. The first-order valence-corrected chi connectivity index (χ1v) is 13.5. The molecule has 2 aliphatic rings. The molecular formula is C31H28N2O3S. The third-order valence-electron chi connectivity index (χ3n) is 7.03. The fourth-order valence-electron chi connectivity index (χ4n) is 5.47. The van der Waals surface area contributed by atoms with E-state index in [2.05, 4.69) is 54.8 Å².